The summed E-state index contributed by atoms with van der Waals surface area (Å²) in [6, 6.07) is 14.1. The monoisotopic (exact) mass is 440 g/mol. The summed E-state index contributed by atoms with van der Waals surface area (Å²) in [6.45, 7) is 2.04. The smallest absolute Gasteiger partial charge is 0.241 e. The van der Waals surface area contributed by atoms with Gasteiger partial charge in [-0.05, 0) is 67.8 Å². The lowest BCUT2D eigenvalue weighted by atomic mass is 10.1. The third-order valence-corrected chi connectivity index (χ3v) is 6.21. The minimum Gasteiger partial charge on any atom is -0.372 e. The number of rotatable bonds is 7. The van der Waals surface area contributed by atoms with Gasteiger partial charge in [-0.3, -0.25) is 9.52 Å². The Morgan fingerprint density at radius 2 is 1.55 bits per heavy atom. The summed E-state index contributed by atoms with van der Waals surface area (Å²) in [5, 5.41) is 6.62. The topological polar surface area (TPSA) is 109 Å². The molecule has 4 rings (SSSR count). The fourth-order valence-electron chi connectivity index (χ4n) is 3.52. The van der Waals surface area contributed by atoms with Crippen LogP contribution >= 0.6 is 0 Å². The van der Waals surface area contributed by atoms with Gasteiger partial charge in [-0.2, -0.15) is 5.10 Å². The van der Waals surface area contributed by atoms with Gasteiger partial charge in [0.15, 0.2) is 0 Å². The van der Waals surface area contributed by atoms with Crippen molar-refractivity contribution in [3.05, 3.63) is 61.2 Å². The molecule has 9 nitrogen and oxygen atoms in total. The third-order valence-electron chi connectivity index (χ3n) is 5.02. The molecule has 2 aromatic carbocycles. The summed E-state index contributed by atoms with van der Waals surface area (Å²) in [5.41, 5.74) is 2.79. The Bertz CT molecular complexity index is 1110. The van der Waals surface area contributed by atoms with Crippen LogP contribution in [0, 0.1) is 0 Å². The van der Waals surface area contributed by atoms with Crippen molar-refractivity contribution in [1.29, 1.82) is 0 Å². The number of amides is 1. The highest BCUT2D eigenvalue weighted by molar-refractivity contribution is 7.93. The second-order valence-corrected chi connectivity index (χ2v) is 9.11. The van der Waals surface area contributed by atoms with Crippen molar-refractivity contribution in [3.8, 4) is 5.69 Å². The second-order valence-electron chi connectivity index (χ2n) is 7.39. The van der Waals surface area contributed by atoms with E-state index in [2.05, 4.69) is 25.0 Å². The van der Waals surface area contributed by atoms with E-state index in [1.807, 2.05) is 12.1 Å². The lowest BCUT2D eigenvalue weighted by Gasteiger charge is -2.28. The summed E-state index contributed by atoms with van der Waals surface area (Å²) in [6.07, 6.45) is 6.58. The van der Waals surface area contributed by atoms with Gasteiger partial charge in [0.1, 0.15) is 18.4 Å². The van der Waals surface area contributed by atoms with Crippen molar-refractivity contribution in [2.24, 2.45) is 0 Å². The lowest BCUT2D eigenvalue weighted by Crippen LogP contribution is -2.29. The van der Waals surface area contributed by atoms with Crippen molar-refractivity contribution >= 4 is 33.0 Å². The van der Waals surface area contributed by atoms with Crippen LogP contribution in [0.3, 0.4) is 0 Å². The lowest BCUT2D eigenvalue weighted by molar-refractivity contribution is -0.113. The molecule has 10 heteroatoms. The summed E-state index contributed by atoms with van der Waals surface area (Å²) < 4.78 is 28.8. The fourth-order valence-corrected chi connectivity index (χ4v) is 4.50. The van der Waals surface area contributed by atoms with Gasteiger partial charge in [-0.25, -0.2) is 18.1 Å². The Labute approximate surface area is 181 Å². The third kappa shape index (κ3) is 5.60. The molecule has 0 saturated carbocycles. The zero-order chi connectivity index (χ0) is 21.7. The molecule has 0 atom stereocenters. The van der Waals surface area contributed by atoms with Gasteiger partial charge in [0.2, 0.25) is 15.9 Å². The van der Waals surface area contributed by atoms with E-state index in [9.17, 15) is 13.2 Å². The van der Waals surface area contributed by atoms with Crippen molar-refractivity contribution in [3.63, 3.8) is 0 Å². The number of hydrogen-bond acceptors (Lipinski definition) is 6. The van der Waals surface area contributed by atoms with Crippen LogP contribution in [0.15, 0.2) is 61.2 Å². The van der Waals surface area contributed by atoms with E-state index in [0.717, 1.165) is 24.5 Å². The van der Waals surface area contributed by atoms with Gasteiger partial charge in [0, 0.05) is 30.2 Å². The molecule has 1 amide bonds. The molecular weight excluding hydrogens is 416 g/mol. The van der Waals surface area contributed by atoms with E-state index in [1.165, 1.54) is 25.6 Å². The molecule has 1 aliphatic rings. The molecule has 0 spiro atoms. The van der Waals surface area contributed by atoms with E-state index in [4.69, 9.17) is 0 Å². The number of piperidine rings is 1. The van der Waals surface area contributed by atoms with E-state index in [0.29, 0.717) is 11.4 Å². The van der Waals surface area contributed by atoms with Crippen molar-refractivity contribution < 1.29 is 13.2 Å². The molecule has 0 bridgehead atoms. The van der Waals surface area contributed by atoms with Gasteiger partial charge in [0.05, 0.1) is 5.69 Å². The van der Waals surface area contributed by atoms with Crippen LogP contribution in [0.4, 0.5) is 17.1 Å². The summed E-state index contributed by atoms with van der Waals surface area (Å²) in [4.78, 5) is 18.4. The Balaban J connectivity index is 1.32. The number of benzene rings is 2. The van der Waals surface area contributed by atoms with Crippen molar-refractivity contribution in [2.45, 2.75) is 19.3 Å². The van der Waals surface area contributed by atoms with E-state index in [-0.39, 0.29) is 0 Å². The van der Waals surface area contributed by atoms with Crippen molar-refractivity contribution in [2.75, 3.05) is 33.8 Å². The molecule has 1 saturated heterocycles. The quantitative estimate of drug-likeness (QED) is 0.585. The van der Waals surface area contributed by atoms with Gasteiger partial charge in [-0.15, -0.1) is 0 Å². The van der Waals surface area contributed by atoms with Gasteiger partial charge >= 0.3 is 0 Å². The molecule has 2 heterocycles. The molecular formula is C21H24N6O3S. The van der Waals surface area contributed by atoms with Gasteiger partial charge in [-0.1, -0.05) is 0 Å². The van der Waals surface area contributed by atoms with Gasteiger partial charge < -0.3 is 10.2 Å². The van der Waals surface area contributed by atoms with Crippen LogP contribution in [0.5, 0.6) is 0 Å². The van der Waals surface area contributed by atoms with Crippen LogP contribution in [0.2, 0.25) is 0 Å². The molecule has 0 unspecified atom stereocenters. The first kappa shape index (κ1) is 20.9. The minimum absolute atomic E-state index is 0.436. The average Bonchev–Trinajstić information content (AvgIpc) is 3.29. The maximum absolute atomic E-state index is 12.4. The van der Waals surface area contributed by atoms with Crippen LogP contribution in [0.1, 0.15) is 19.3 Å². The normalized spacial score (nSPS) is 14.3. The summed E-state index contributed by atoms with van der Waals surface area (Å²) in [7, 11) is -3.83. The Morgan fingerprint density at radius 3 is 2.19 bits per heavy atom. The number of carbonyl (C=O) groups is 1. The Morgan fingerprint density at radius 1 is 0.903 bits per heavy atom. The predicted octanol–water partition coefficient (Wildman–Crippen LogP) is 2.64. The number of aromatic nitrogens is 3. The van der Waals surface area contributed by atoms with Crippen LogP contribution < -0.4 is 14.9 Å². The first-order valence-electron chi connectivity index (χ1n) is 10.1. The minimum atomic E-state index is -3.83. The largest absolute Gasteiger partial charge is 0.372 e. The molecule has 162 valence electrons. The molecule has 2 N–H and O–H groups in total. The summed E-state index contributed by atoms with van der Waals surface area (Å²) in [5.74, 6) is -1.29. The number of carbonyl (C=O) groups excluding carboxylic acids is 1. The molecule has 0 aliphatic carbocycles. The first-order chi connectivity index (χ1) is 15.0. The molecule has 1 fully saturated rings. The second kappa shape index (κ2) is 9.17. The molecule has 0 radical (unpaired) electrons. The molecule has 1 aliphatic heterocycles. The van der Waals surface area contributed by atoms with Crippen molar-refractivity contribution in [1.82, 2.24) is 14.8 Å². The highest BCUT2D eigenvalue weighted by Crippen LogP contribution is 2.22. The van der Waals surface area contributed by atoms with Crippen LogP contribution in [-0.4, -0.2) is 47.9 Å². The summed E-state index contributed by atoms with van der Waals surface area (Å²) >= 11 is 0. The number of anilines is 3. The van der Waals surface area contributed by atoms with E-state index >= 15 is 0 Å². The van der Waals surface area contributed by atoms with Crippen LogP contribution in [0.25, 0.3) is 5.69 Å². The molecule has 1 aromatic heterocycles. The maximum Gasteiger partial charge on any atom is 0.241 e. The SMILES string of the molecule is O=C(CS(=O)(=O)Nc1ccc(N2CCCCC2)cc1)Nc1ccc(-n2cncn2)cc1. The molecule has 3 aromatic rings. The zero-order valence-corrected chi connectivity index (χ0v) is 17.8. The zero-order valence-electron chi connectivity index (χ0n) is 16.9. The number of nitrogens with zero attached hydrogens (tertiary/aromatic N) is 4. The Kier molecular flexibility index (Phi) is 6.17. The first-order valence-corrected chi connectivity index (χ1v) is 11.7. The number of sulfonamides is 1. The standard InChI is InChI=1S/C21H24N6O3S/c28-21(24-17-4-10-20(11-5-17)27-16-22-15-23-27)14-31(29,30)25-18-6-8-19(9-7-18)26-12-2-1-3-13-26/h4-11,15-16,25H,1-3,12-14H2,(H,24,28). The highest BCUT2D eigenvalue weighted by atomic mass is 32.2. The Hall–Kier alpha value is -3.40. The fraction of sp³-hybridized carbons (Fsp3) is 0.286. The highest BCUT2D eigenvalue weighted by Gasteiger charge is 2.17. The number of hydrogen-bond donors (Lipinski definition) is 2. The van der Waals surface area contributed by atoms with E-state index < -0.39 is 21.7 Å². The maximum atomic E-state index is 12.4. The van der Waals surface area contributed by atoms with Gasteiger partial charge in [0.25, 0.3) is 0 Å². The van der Waals surface area contributed by atoms with Crippen LogP contribution in [-0.2, 0) is 14.8 Å². The predicted molar refractivity (Wildman–Crippen MR) is 120 cm³/mol. The average molecular weight is 441 g/mol. The van der Waals surface area contributed by atoms with E-state index in [1.54, 1.807) is 47.4 Å². The number of nitrogens with one attached hydrogen (secondary N) is 2. The molecule has 31 heavy (non-hydrogen) atoms.